The highest BCUT2D eigenvalue weighted by Crippen LogP contribution is 2.14. The van der Waals surface area contributed by atoms with Gasteiger partial charge in [-0.2, -0.15) is 0 Å². The van der Waals surface area contributed by atoms with Crippen LogP contribution in [0.4, 0.5) is 0 Å². The normalized spacial score (nSPS) is 16.4. The molecule has 0 aromatic heterocycles. The summed E-state index contributed by atoms with van der Waals surface area (Å²) in [4.78, 5) is 16.3. The molecular weight excluding hydrogens is 280 g/mol. The molecule has 1 fully saturated rings. The highest BCUT2D eigenvalue weighted by Gasteiger charge is 2.19. The van der Waals surface area contributed by atoms with Crippen molar-refractivity contribution in [1.82, 2.24) is 9.80 Å². The number of rotatable bonds is 6. The summed E-state index contributed by atoms with van der Waals surface area (Å²) in [6, 6.07) is 8.18. The van der Waals surface area contributed by atoms with Crippen LogP contribution in [0.1, 0.15) is 18.9 Å². The molecule has 5 nitrogen and oxygen atoms in total. The predicted octanol–water partition coefficient (Wildman–Crippen LogP) is 1.77. The molecule has 1 aliphatic rings. The van der Waals surface area contributed by atoms with Gasteiger partial charge in [-0.15, -0.1) is 0 Å². The van der Waals surface area contributed by atoms with Crippen molar-refractivity contribution in [2.45, 2.75) is 19.9 Å². The number of amides is 1. The van der Waals surface area contributed by atoms with Gasteiger partial charge in [0.05, 0.1) is 7.11 Å². The van der Waals surface area contributed by atoms with Crippen molar-refractivity contribution in [3.8, 4) is 5.75 Å². The summed E-state index contributed by atoms with van der Waals surface area (Å²) in [5.41, 5.74) is 1.27. The quantitative estimate of drug-likeness (QED) is 0.803. The molecule has 1 heterocycles. The molecule has 22 heavy (non-hydrogen) atoms. The fraction of sp³-hybridized carbons (Fsp3) is 0.588. The van der Waals surface area contributed by atoms with Crippen molar-refractivity contribution >= 4 is 5.91 Å². The number of hydrogen-bond acceptors (Lipinski definition) is 4. The topological polar surface area (TPSA) is 42.0 Å². The van der Waals surface area contributed by atoms with E-state index in [2.05, 4.69) is 17.0 Å². The standard InChI is InChI=1S/C17H26N2O3/c1-3-22-14-17(20)19-10-4-9-18(11-12-19)13-15-5-7-16(21-2)8-6-15/h5-8H,3-4,9-14H2,1-2H3. The first-order valence-electron chi connectivity index (χ1n) is 7.93. The van der Waals surface area contributed by atoms with Crippen LogP contribution >= 0.6 is 0 Å². The Morgan fingerprint density at radius 3 is 2.59 bits per heavy atom. The van der Waals surface area contributed by atoms with Gasteiger partial charge >= 0.3 is 0 Å². The van der Waals surface area contributed by atoms with Gasteiger partial charge < -0.3 is 14.4 Å². The zero-order valence-electron chi connectivity index (χ0n) is 13.6. The molecule has 122 valence electrons. The summed E-state index contributed by atoms with van der Waals surface area (Å²) in [5, 5.41) is 0. The van der Waals surface area contributed by atoms with Crippen LogP contribution in [0.15, 0.2) is 24.3 Å². The minimum absolute atomic E-state index is 0.105. The summed E-state index contributed by atoms with van der Waals surface area (Å²) in [7, 11) is 1.68. The first-order chi connectivity index (χ1) is 10.7. The van der Waals surface area contributed by atoms with Gasteiger partial charge in [-0.25, -0.2) is 0 Å². The molecule has 1 saturated heterocycles. The molecule has 0 spiro atoms. The van der Waals surface area contributed by atoms with E-state index in [-0.39, 0.29) is 12.5 Å². The van der Waals surface area contributed by atoms with E-state index in [4.69, 9.17) is 9.47 Å². The number of carbonyl (C=O) groups is 1. The lowest BCUT2D eigenvalue weighted by Crippen LogP contribution is -2.37. The molecule has 0 atom stereocenters. The van der Waals surface area contributed by atoms with Crippen LogP contribution in [-0.4, -0.2) is 62.2 Å². The van der Waals surface area contributed by atoms with Gasteiger partial charge in [-0.1, -0.05) is 12.1 Å². The Hall–Kier alpha value is -1.59. The molecule has 1 aromatic rings. The van der Waals surface area contributed by atoms with E-state index in [0.29, 0.717) is 6.61 Å². The van der Waals surface area contributed by atoms with Gasteiger partial charge in [0.15, 0.2) is 0 Å². The molecule has 0 aliphatic carbocycles. The molecule has 2 rings (SSSR count). The Labute approximate surface area is 132 Å². The minimum Gasteiger partial charge on any atom is -0.497 e. The van der Waals surface area contributed by atoms with Gasteiger partial charge in [0.2, 0.25) is 5.91 Å². The third kappa shape index (κ3) is 5.00. The van der Waals surface area contributed by atoms with Gasteiger partial charge in [0.25, 0.3) is 0 Å². The van der Waals surface area contributed by atoms with Gasteiger partial charge in [-0.05, 0) is 31.0 Å². The number of benzene rings is 1. The Balaban J connectivity index is 1.83. The Morgan fingerprint density at radius 1 is 1.14 bits per heavy atom. The van der Waals surface area contributed by atoms with Crippen LogP contribution in [0, 0.1) is 0 Å². The van der Waals surface area contributed by atoms with Crippen molar-refractivity contribution in [3.05, 3.63) is 29.8 Å². The third-order valence-corrected chi connectivity index (χ3v) is 3.94. The van der Waals surface area contributed by atoms with Crippen LogP contribution in [0.3, 0.4) is 0 Å². The lowest BCUT2D eigenvalue weighted by molar-refractivity contribution is -0.135. The Kier molecular flexibility index (Phi) is 6.68. The molecule has 1 aliphatic heterocycles. The van der Waals surface area contributed by atoms with Crippen LogP contribution < -0.4 is 4.74 Å². The monoisotopic (exact) mass is 306 g/mol. The highest BCUT2D eigenvalue weighted by atomic mass is 16.5. The maximum Gasteiger partial charge on any atom is 0.248 e. The smallest absolute Gasteiger partial charge is 0.248 e. The van der Waals surface area contributed by atoms with Crippen molar-refractivity contribution in [2.24, 2.45) is 0 Å². The van der Waals surface area contributed by atoms with Crippen LogP contribution in [0.2, 0.25) is 0 Å². The number of nitrogens with zero attached hydrogens (tertiary/aromatic N) is 2. The Morgan fingerprint density at radius 2 is 1.91 bits per heavy atom. The zero-order chi connectivity index (χ0) is 15.8. The van der Waals surface area contributed by atoms with E-state index in [1.807, 2.05) is 24.0 Å². The van der Waals surface area contributed by atoms with Crippen LogP contribution in [-0.2, 0) is 16.1 Å². The summed E-state index contributed by atoms with van der Waals surface area (Å²) in [6.07, 6.45) is 1.01. The SMILES string of the molecule is CCOCC(=O)N1CCCN(Cc2ccc(OC)cc2)CC1. The molecular formula is C17H26N2O3. The van der Waals surface area contributed by atoms with E-state index in [0.717, 1.165) is 44.9 Å². The number of carbonyl (C=O) groups excluding carboxylic acids is 1. The average Bonchev–Trinajstić information content (AvgIpc) is 2.79. The third-order valence-electron chi connectivity index (χ3n) is 3.94. The second kappa shape index (κ2) is 8.76. The molecule has 1 aromatic carbocycles. The van der Waals surface area contributed by atoms with Gasteiger partial charge in [0.1, 0.15) is 12.4 Å². The zero-order valence-corrected chi connectivity index (χ0v) is 13.6. The van der Waals surface area contributed by atoms with E-state index < -0.39 is 0 Å². The first kappa shape index (κ1) is 16.8. The summed E-state index contributed by atoms with van der Waals surface area (Å²) >= 11 is 0. The van der Waals surface area contributed by atoms with E-state index in [9.17, 15) is 4.79 Å². The maximum absolute atomic E-state index is 12.0. The summed E-state index contributed by atoms with van der Waals surface area (Å²) in [6.45, 7) is 7.14. The number of hydrogen-bond donors (Lipinski definition) is 0. The fourth-order valence-electron chi connectivity index (χ4n) is 2.65. The molecule has 0 saturated carbocycles. The molecule has 0 N–H and O–H groups in total. The van der Waals surface area contributed by atoms with Crippen LogP contribution in [0.25, 0.3) is 0 Å². The highest BCUT2D eigenvalue weighted by molar-refractivity contribution is 5.77. The van der Waals surface area contributed by atoms with Crippen molar-refractivity contribution in [2.75, 3.05) is 46.5 Å². The van der Waals surface area contributed by atoms with E-state index >= 15 is 0 Å². The van der Waals surface area contributed by atoms with E-state index in [1.54, 1.807) is 7.11 Å². The average molecular weight is 306 g/mol. The van der Waals surface area contributed by atoms with Crippen molar-refractivity contribution < 1.29 is 14.3 Å². The number of ether oxygens (including phenoxy) is 2. The summed E-state index contributed by atoms with van der Waals surface area (Å²) < 4.78 is 10.4. The summed E-state index contributed by atoms with van der Waals surface area (Å²) in [5.74, 6) is 0.987. The maximum atomic E-state index is 12.0. The van der Waals surface area contributed by atoms with Gasteiger partial charge in [0, 0.05) is 39.3 Å². The largest absolute Gasteiger partial charge is 0.497 e. The van der Waals surface area contributed by atoms with E-state index in [1.165, 1.54) is 5.56 Å². The van der Waals surface area contributed by atoms with Gasteiger partial charge in [-0.3, -0.25) is 9.69 Å². The molecule has 0 unspecified atom stereocenters. The molecule has 5 heteroatoms. The molecule has 1 amide bonds. The van der Waals surface area contributed by atoms with Crippen LogP contribution in [0.5, 0.6) is 5.75 Å². The fourth-order valence-corrected chi connectivity index (χ4v) is 2.65. The Bertz CT molecular complexity index is 461. The van der Waals surface area contributed by atoms with Crippen molar-refractivity contribution in [1.29, 1.82) is 0 Å². The second-order valence-electron chi connectivity index (χ2n) is 5.50. The van der Waals surface area contributed by atoms with Crippen molar-refractivity contribution in [3.63, 3.8) is 0 Å². The molecule has 0 bridgehead atoms. The first-order valence-corrected chi connectivity index (χ1v) is 7.93. The lowest BCUT2D eigenvalue weighted by atomic mass is 10.2. The molecule has 0 radical (unpaired) electrons. The second-order valence-corrected chi connectivity index (χ2v) is 5.50. The predicted molar refractivity (Wildman–Crippen MR) is 86.0 cm³/mol. The number of methoxy groups -OCH3 is 1. The minimum atomic E-state index is 0.105. The lowest BCUT2D eigenvalue weighted by Gasteiger charge is -2.22.